The van der Waals surface area contributed by atoms with Gasteiger partial charge >= 0.3 is 0 Å². The fourth-order valence-corrected chi connectivity index (χ4v) is 4.45. The maximum Gasteiger partial charge on any atom is 0.141 e. The van der Waals surface area contributed by atoms with Crippen molar-refractivity contribution in [1.82, 2.24) is 19.8 Å². The van der Waals surface area contributed by atoms with Crippen molar-refractivity contribution < 1.29 is 9.13 Å². The van der Waals surface area contributed by atoms with Gasteiger partial charge in [-0.05, 0) is 57.5 Å². The van der Waals surface area contributed by atoms with E-state index in [9.17, 15) is 4.39 Å². The number of benzene rings is 2. The summed E-state index contributed by atoms with van der Waals surface area (Å²) in [5, 5.41) is 13.0. The first-order valence-corrected chi connectivity index (χ1v) is 12.6. The number of nitrogens with one attached hydrogen (secondary N) is 1. The lowest BCUT2D eigenvalue weighted by Gasteiger charge is -2.41. The Balaban J connectivity index is 1.63. The van der Waals surface area contributed by atoms with Gasteiger partial charge in [0.15, 0.2) is 0 Å². The summed E-state index contributed by atoms with van der Waals surface area (Å²) in [6.07, 6.45) is 2.06. The number of ether oxygens (including phenoxy) is 1. The molecule has 3 aromatic rings. The Labute approximate surface area is 218 Å². The normalized spacial score (nSPS) is 14.6. The molecule has 1 aromatic heterocycles. The molecule has 0 unspecified atom stereocenters. The molecule has 0 atom stereocenters. The number of aromatic nitrogens is 2. The molecular weight excluding hydrogens is 467 g/mol. The van der Waals surface area contributed by atoms with E-state index < -0.39 is 0 Å². The summed E-state index contributed by atoms with van der Waals surface area (Å²) in [5.74, 6) is 7.90. The second-order valence-corrected chi connectivity index (χ2v) is 9.66. The molecule has 1 saturated heterocycles. The summed E-state index contributed by atoms with van der Waals surface area (Å²) in [6, 6.07) is 11.0. The van der Waals surface area contributed by atoms with Gasteiger partial charge in [0.1, 0.15) is 23.7 Å². The van der Waals surface area contributed by atoms with Crippen molar-refractivity contribution in [2.75, 3.05) is 44.6 Å². The summed E-state index contributed by atoms with van der Waals surface area (Å²) in [4.78, 5) is 13.6. The van der Waals surface area contributed by atoms with Crippen LogP contribution in [0.1, 0.15) is 38.3 Å². The number of halogens is 1. The number of anilines is 2. The minimum absolute atomic E-state index is 0.247. The fraction of sp³-hybridized carbons (Fsp3) is 0.414. The Kier molecular flexibility index (Phi) is 8.23. The third kappa shape index (κ3) is 6.35. The zero-order valence-corrected chi connectivity index (χ0v) is 21.9. The molecule has 0 bridgehead atoms. The molecule has 8 heteroatoms. The van der Waals surface area contributed by atoms with Crippen LogP contribution in [-0.4, -0.2) is 64.6 Å². The highest BCUT2D eigenvalue weighted by molar-refractivity contribution is 5.93. The number of nitriles is 1. The van der Waals surface area contributed by atoms with Crippen LogP contribution < -0.4 is 10.1 Å². The van der Waals surface area contributed by atoms with Gasteiger partial charge in [0.05, 0.1) is 29.3 Å². The van der Waals surface area contributed by atoms with E-state index in [0.717, 1.165) is 54.9 Å². The van der Waals surface area contributed by atoms with Crippen LogP contribution in [0.4, 0.5) is 15.9 Å². The Morgan fingerprint density at radius 1 is 1.14 bits per heavy atom. The zero-order valence-electron chi connectivity index (χ0n) is 21.9. The average Bonchev–Trinajstić information content (AvgIpc) is 2.89. The number of fused-ring (bicyclic) bond motifs is 1. The second kappa shape index (κ2) is 11.6. The van der Waals surface area contributed by atoms with Crippen molar-refractivity contribution in [3.8, 4) is 23.7 Å². The van der Waals surface area contributed by atoms with Crippen LogP contribution in [0.15, 0.2) is 36.7 Å². The minimum atomic E-state index is -0.334. The molecule has 0 spiro atoms. The van der Waals surface area contributed by atoms with Crippen LogP contribution in [0.3, 0.4) is 0 Å². The largest absolute Gasteiger partial charge is 0.492 e. The first-order valence-electron chi connectivity index (χ1n) is 12.6. The number of piperazine rings is 1. The monoisotopic (exact) mass is 500 g/mol. The molecule has 0 radical (unpaired) electrons. The van der Waals surface area contributed by atoms with Gasteiger partial charge in [0, 0.05) is 56.3 Å². The molecule has 0 saturated carbocycles. The van der Waals surface area contributed by atoms with Crippen LogP contribution in [0, 0.1) is 35.9 Å². The second-order valence-electron chi connectivity index (χ2n) is 9.66. The van der Waals surface area contributed by atoms with Gasteiger partial charge in [-0.2, -0.15) is 5.26 Å². The van der Waals surface area contributed by atoms with Gasteiger partial charge in [-0.1, -0.05) is 11.8 Å². The van der Waals surface area contributed by atoms with E-state index in [1.807, 2.05) is 19.1 Å². The van der Waals surface area contributed by atoms with Crippen molar-refractivity contribution in [2.45, 2.75) is 39.7 Å². The quantitative estimate of drug-likeness (QED) is 0.463. The fourth-order valence-electron chi connectivity index (χ4n) is 4.45. The lowest BCUT2D eigenvalue weighted by molar-refractivity contribution is 0.0823. The Morgan fingerprint density at radius 3 is 2.62 bits per heavy atom. The summed E-state index contributed by atoms with van der Waals surface area (Å²) in [5.41, 5.74) is 2.47. The Hall–Kier alpha value is -3.72. The number of nitrogens with zero attached hydrogens (tertiary/aromatic N) is 5. The molecule has 4 rings (SSSR count). The van der Waals surface area contributed by atoms with E-state index in [-0.39, 0.29) is 11.4 Å². The van der Waals surface area contributed by atoms with Gasteiger partial charge in [0.25, 0.3) is 0 Å². The molecule has 7 nitrogen and oxygen atoms in total. The maximum absolute atomic E-state index is 13.7. The highest BCUT2D eigenvalue weighted by Gasteiger charge is 2.28. The van der Waals surface area contributed by atoms with Crippen LogP contribution in [-0.2, 0) is 0 Å². The lowest BCUT2D eigenvalue weighted by atomic mass is 10.0. The summed E-state index contributed by atoms with van der Waals surface area (Å²) < 4.78 is 19.7. The van der Waals surface area contributed by atoms with E-state index in [4.69, 9.17) is 10.00 Å². The van der Waals surface area contributed by atoms with Crippen molar-refractivity contribution in [3.63, 3.8) is 0 Å². The Bertz CT molecular complexity index is 1360. The Morgan fingerprint density at radius 2 is 1.92 bits per heavy atom. The maximum atomic E-state index is 13.7. The van der Waals surface area contributed by atoms with Crippen molar-refractivity contribution in [2.24, 2.45) is 0 Å². The van der Waals surface area contributed by atoms with Crippen LogP contribution >= 0.6 is 0 Å². The zero-order chi connectivity index (χ0) is 26.4. The molecule has 1 fully saturated rings. The standard InChI is InChI=1S/C29H33FN6O/c1-5-37-27-19-26-24(28(33-20-32-26)34-23-7-8-25(30)21(2)17-23)18-22(27)9-10-29(3,4)36-15-13-35(14-16-36)12-6-11-31/h7-8,17-20H,5-6,12-16H2,1-4H3,(H,32,33,34). The van der Waals surface area contributed by atoms with E-state index in [1.54, 1.807) is 19.1 Å². The molecule has 37 heavy (non-hydrogen) atoms. The van der Waals surface area contributed by atoms with Gasteiger partial charge < -0.3 is 10.1 Å². The van der Waals surface area contributed by atoms with Crippen LogP contribution in [0.25, 0.3) is 10.9 Å². The van der Waals surface area contributed by atoms with Gasteiger partial charge in [-0.15, -0.1) is 0 Å². The molecule has 0 amide bonds. The van der Waals surface area contributed by atoms with Crippen molar-refractivity contribution >= 4 is 22.4 Å². The molecule has 1 N–H and O–H groups in total. The van der Waals surface area contributed by atoms with Crippen LogP contribution in [0.2, 0.25) is 0 Å². The third-order valence-electron chi connectivity index (χ3n) is 6.66. The SMILES string of the molecule is CCOc1cc2ncnc(Nc3ccc(F)c(C)c3)c2cc1C#CC(C)(C)N1CCN(CCC#N)CC1. The number of rotatable bonds is 7. The average molecular weight is 501 g/mol. The first kappa shape index (κ1) is 26.3. The highest BCUT2D eigenvalue weighted by atomic mass is 19.1. The highest BCUT2D eigenvalue weighted by Crippen LogP contribution is 2.30. The summed E-state index contributed by atoms with van der Waals surface area (Å²) in [7, 11) is 0. The number of hydrogen-bond donors (Lipinski definition) is 1. The molecule has 1 aliphatic heterocycles. The van der Waals surface area contributed by atoms with Gasteiger partial charge in [-0.25, -0.2) is 14.4 Å². The van der Waals surface area contributed by atoms with E-state index >= 15 is 0 Å². The smallest absolute Gasteiger partial charge is 0.141 e. The summed E-state index contributed by atoms with van der Waals surface area (Å²) >= 11 is 0. The molecular formula is C29H33FN6O. The molecule has 192 valence electrons. The summed E-state index contributed by atoms with van der Waals surface area (Å²) in [6.45, 7) is 13.0. The van der Waals surface area contributed by atoms with Crippen molar-refractivity contribution in [1.29, 1.82) is 5.26 Å². The molecule has 0 aliphatic carbocycles. The first-order chi connectivity index (χ1) is 17.8. The topological polar surface area (TPSA) is 77.3 Å². The molecule has 2 heterocycles. The van der Waals surface area contributed by atoms with Crippen molar-refractivity contribution in [3.05, 3.63) is 53.6 Å². The number of hydrogen-bond acceptors (Lipinski definition) is 7. The predicted molar refractivity (Wildman–Crippen MR) is 144 cm³/mol. The number of aryl methyl sites for hydroxylation is 1. The lowest BCUT2D eigenvalue weighted by Crippen LogP contribution is -2.54. The third-order valence-corrected chi connectivity index (χ3v) is 6.66. The molecule has 1 aliphatic rings. The molecule has 2 aromatic carbocycles. The van der Waals surface area contributed by atoms with Crippen LogP contribution in [0.5, 0.6) is 5.75 Å². The van der Waals surface area contributed by atoms with Gasteiger partial charge in [0.2, 0.25) is 0 Å². The van der Waals surface area contributed by atoms with E-state index in [2.05, 4.69) is 56.8 Å². The predicted octanol–water partition coefficient (Wildman–Crippen LogP) is 4.88. The van der Waals surface area contributed by atoms with E-state index in [1.165, 1.54) is 12.4 Å². The van der Waals surface area contributed by atoms with E-state index in [0.29, 0.717) is 30.2 Å². The minimum Gasteiger partial charge on any atom is -0.492 e. The van der Waals surface area contributed by atoms with Gasteiger partial charge in [-0.3, -0.25) is 9.80 Å².